The van der Waals surface area contributed by atoms with Gasteiger partial charge in [0.25, 0.3) is 0 Å². The van der Waals surface area contributed by atoms with Crippen LogP contribution in [-0.2, 0) is 0 Å². The number of halogens is 2. The second kappa shape index (κ2) is 4.46. The molecule has 0 heterocycles. The average molecular weight is 161 g/mol. The molecule has 0 saturated carbocycles. The Bertz CT molecular complexity index is 179. The van der Waals surface area contributed by atoms with Crippen LogP contribution in [0.25, 0.3) is 0 Å². The van der Waals surface area contributed by atoms with Crippen LogP contribution in [0.15, 0.2) is 41.1 Å². The minimum absolute atomic E-state index is 0.187. The fourth-order valence-corrected chi connectivity index (χ4v) is 0.593. The molecular weight excluding hydrogens is 155 g/mol. The van der Waals surface area contributed by atoms with Gasteiger partial charge in [-0.3, -0.25) is 0 Å². The Kier molecular flexibility index (Phi) is 4.25. The average Bonchev–Trinajstić information content (AvgIpc) is 1.63. The highest BCUT2D eigenvalue weighted by Crippen LogP contribution is 2.09. The van der Waals surface area contributed by atoms with Crippen molar-refractivity contribution in [3.8, 4) is 0 Å². The zero-order valence-electron chi connectivity index (χ0n) is 4.82. The van der Waals surface area contributed by atoms with Crippen LogP contribution in [0.3, 0.4) is 0 Å². The van der Waals surface area contributed by atoms with E-state index in [-0.39, 0.29) is 4.49 Å². The molecule has 0 aromatic heterocycles. The van der Waals surface area contributed by atoms with E-state index in [9.17, 15) is 0 Å². The van der Waals surface area contributed by atoms with Gasteiger partial charge in [0.05, 0.1) is 0 Å². The molecule has 0 bridgehead atoms. The minimum Gasteiger partial charge on any atom is -0.128 e. The first-order valence-corrected chi connectivity index (χ1v) is 3.00. The lowest BCUT2D eigenvalue weighted by molar-refractivity contribution is 1.77. The van der Waals surface area contributed by atoms with Gasteiger partial charge >= 0.3 is 0 Å². The molecule has 0 N–H and O–H groups in total. The Balaban J connectivity index is 4.08. The van der Waals surface area contributed by atoms with Crippen molar-refractivity contribution in [2.75, 3.05) is 0 Å². The highest BCUT2D eigenvalue weighted by atomic mass is 35.5. The van der Waals surface area contributed by atoms with Crippen molar-refractivity contribution in [3.05, 3.63) is 41.1 Å². The molecule has 0 nitrogen and oxygen atoms in total. The molecule has 0 saturated heterocycles. The first kappa shape index (κ1) is 8.58. The Morgan fingerprint density at radius 2 is 2.00 bits per heavy atom. The van der Waals surface area contributed by atoms with Crippen molar-refractivity contribution in [2.45, 2.75) is 0 Å². The molecule has 0 spiro atoms. The molecule has 0 aliphatic heterocycles. The van der Waals surface area contributed by atoms with E-state index in [4.69, 9.17) is 23.2 Å². The second-order valence-electron chi connectivity index (χ2n) is 1.36. The number of hydrogen-bond acceptors (Lipinski definition) is 0. The van der Waals surface area contributed by atoms with Crippen molar-refractivity contribution in [2.24, 2.45) is 0 Å². The van der Waals surface area contributed by atoms with Crippen LogP contribution in [0.5, 0.6) is 0 Å². The van der Waals surface area contributed by atoms with E-state index in [0.29, 0.717) is 5.57 Å². The first-order valence-electron chi connectivity index (χ1n) is 2.24. The van der Waals surface area contributed by atoms with E-state index in [1.54, 1.807) is 6.08 Å². The molecule has 0 rings (SSSR count). The van der Waals surface area contributed by atoms with Crippen LogP contribution >= 0.6 is 23.2 Å². The molecule has 0 unspecified atom stereocenters. The third-order valence-corrected chi connectivity index (χ3v) is 0.800. The lowest BCUT2D eigenvalue weighted by Gasteiger charge is -1.83. The SMILES string of the molecule is C=C=CC(=C)C=C(Cl)Cl. The number of allylic oxidation sites excluding steroid dienone is 3. The van der Waals surface area contributed by atoms with Crippen LogP contribution in [0, 0.1) is 0 Å². The molecule has 0 amide bonds. The number of hydrogen-bond donors (Lipinski definition) is 0. The van der Waals surface area contributed by atoms with Gasteiger partial charge < -0.3 is 0 Å². The Labute approximate surface area is 64.8 Å². The molecule has 0 atom stereocenters. The molecule has 0 radical (unpaired) electrons. The van der Waals surface area contributed by atoms with Gasteiger partial charge in [0, 0.05) is 0 Å². The summed E-state index contributed by atoms with van der Waals surface area (Å²) in [6.45, 7) is 6.93. The third kappa shape index (κ3) is 5.45. The predicted molar refractivity (Wildman–Crippen MR) is 42.6 cm³/mol. The summed E-state index contributed by atoms with van der Waals surface area (Å²) >= 11 is 10.6. The summed E-state index contributed by atoms with van der Waals surface area (Å²) in [4.78, 5) is 0. The molecule has 0 aromatic rings. The zero-order valence-corrected chi connectivity index (χ0v) is 6.34. The summed E-state index contributed by atoms with van der Waals surface area (Å²) in [5, 5.41) is 0. The van der Waals surface area contributed by atoms with Gasteiger partial charge in [0.1, 0.15) is 4.49 Å². The van der Waals surface area contributed by atoms with Crippen LogP contribution in [-0.4, -0.2) is 0 Å². The summed E-state index contributed by atoms with van der Waals surface area (Å²) in [6.07, 6.45) is 3.10. The molecule has 0 aliphatic carbocycles. The van der Waals surface area contributed by atoms with Gasteiger partial charge in [-0.1, -0.05) is 36.4 Å². The summed E-state index contributed by atoms with van der Waals surface area (Å²) in [7, 11) is 0. The van der Waals surface area contributed by atoms with E-state index < -0.39 is 0 Å². The lowest BCUT2D eigenvalue weighted by Crippen LogP contribution is -1.62. The quantitative estimate of drug-likeness (QED) is 0.430. The van der Waals surface area contributed by atoms with Crippen molar-refractivity contribution >= 4 is 23.2 Å². The first-order chi connectivity index (χ1) is 4.16. The summed E-state index contributed by atoms with van der Waals surface area (Å²) in [6, 6.07) is 0. The van der Waals surface area contributed by atoms with Crippen LogP contribution in [0.4, 0.5) is 0 Å². The van der Waals surface area contributed by atoms with Gasteiger partial charge in [-0.2, -0.15) is 0 Å². The van der Waals surface area contributed by atoms with Gasteiger partial charge in [-0.15, -0.1) is 5.73 Å². The van der Waals surface area contributed by atoms with Crippen molar-refractivity contribution in [1.29, 1.82) is 0 Å². The van der Waals surface area contributed by atoms with Gasteiger partial charge in [0.15, 0.2) is 0 Å². The lowest BCUT2D eigenvalue weighted by atomic mass is 10.3. The predicted octanol–water partition coefficient (Wildman–Crippen LogP) is 3.20. The highest BCUT2D eigenvalue weighted by molar-refractivity contribution is 6.56. The highest BCUT2D eigenvalue weighted by Gasteiger charge is 1.82. The maximum Gasteiger partial charge on any atom is 0.107 e. The normalized spacial score (nSPS) is 7.33. The fourth-order valence-electron chi connectivity index (χ4n) is 0.313. The van der Waals surface area contributed by atoms with Crippen molar-refractivity contribution in [3.63, 3.8) is 0 Å². The molecule has 0 aromatic carbocycles. The topological polar surface area (TPSA) is 0 Å². The standard InChI is InChI=1S/C7H6Cl2/c1-3-4-6(2)5-7(8)9/h4-5H,1-2H2. The van der Waals surface area contributed by atoms with Crippen LogP contribution < -0.4 is 0 Å². The van der Waals surface area contributed by atoms with E-state index >= 15 is 0 Å². The van der Waals surface area contributed by atoms with Crippen LogP contribution in [0.2, 0.25) is 0 Å². The smallest absolute Gasteiger partial charge is 0.107 e. The monoisotopic (exact) mass is 160 g/mol. The number of rotatable bonds is 2. The maximum absolute atomic E-state index is 5.31. The summed E-state index contributed by atoms with van der Waals surface area (Å²) in [5.74, 6) is 0. The van der Waals surface area contributed by atoms with Gasteiger partial charge in [-0.25, -0.2) is 0 Å². The zero-order chi connectivity index (χ0) is 7.28. The molecular formula is C7H6Cl2. The minimum atomic E-state index is 0.187. The molecule has 0 aliphatic rings. The van der Waals surface area contributed by atoms with Gasteiger partial charge in [0.2, 0.25) is 0 Å². The molecule has 48 valence electrons. The molecule has 0 fully saturated rings. The van der Waals surface area contributed by atoms with Crippen LogP contribution in [0.1, 0.15) is 0 Å². The maximum atomic E-state index is 5.31. The summed E-state index contributed by atoms with van der Waals surface area (Å²) in [5.41, 5.74) is 3.22. The van der Waals surface area contributed by atoms with Gasteiger partial charge in [-0.05, 0) is 17.7 Å². The fraction of sp³-hybridized carbons (Fsp3) is 0. The second-order valence-corrected chi connectivity index (χ2v) is 2.37. The summed E-state index contributed by atoms with van der Waals surface area (Å²) < 4.78 is 0.187. The van der Waals surface area contributed by atoms with E-state index in [1.165, 1.54) is 6.08 Å². The van der Waals surface area contributed by atoms with Crippen molar-refractivity contribution < 1.29 is 0 Å². The van der Waals surface area contributed by atoms with Crippen molar-refractivity contribution in [1.82, 2.24) is 0 Å². The largest absolute Gasteiger partial charge is 0.128 e. The molecule has 9 heavy (non-hydrogen) atoms. The Hall–Kier alpha value is -0.420. The molecule has 2 heteroatoms. The van der Waals surface area contributed by atoms with E-state index in [0.717, 1.165) is 0 Å². The Morgan fingerprint density at radius 1 is 1.44 bits per heavy atom. The van der Waals surface area contributed by atoms with E-state index in [1.807, 2.05) is 0 Å². The van der Waals surface area contributed by atoms with E-state index in [2.05, 4.69) is 18.9 Å². The Morgan fingerprint density at radius 3 is 2.33 bits per heavy atom. The third-order valence-electron chi connectivity index (χ3n) is 0.582.